The Bertz CT molecular complexity index is 434. The monoisotopic (exact) mass is 239 g/mol. The second-order valence-corrected chi connectivity index (χ2v) is 3.86. The molecule has 1 aromatic carbocycles. The fraction of sp³-hybridized carbons (Fsp3) is 0.333. The molecular formula is C12H14FNO3. The van der Waals surface area contributed by atoms with E-state index in [1.165, 1.54) is 25.1 Å². The molecule has 0 aliphatic carbocycles. The minimum absolute atomic E-state index is 0.429. The maximum atomic E-state index is 13.0. The largest absolute Gasteiger partial charge is 0.480 e. The van der Waals surface area contributed by atoms with Crippen molar-refractivity contribution < 1.29 is 19.1 Å². The number of nitrogens with one attached hydrogen (secondary N) is 1. The topological polar surface area (TPSA) is 66.4 Å². The lowest BCUT2D eigenvalue weighted by Gasteiger charge is -2.21. The number of carboxylic acids is 1. The molecule has 4 nitrogen and oxygen atoms in total. The van der Waals surface area contributed by atoms with E-state index in [9.17, 15) is 14.0 Å². The average Bonchev–Trinajstić information content (AvgIpc) is 2.24. The highest BCUT2D eigenvalue weighted by atomic mass is 19.1. The van der Waals surface area contributed by atoms with E-state index < -0.39 is 29.7 Å². The molecular weight excluding hydrogens is 225 g/mol. The zero-order valence-electron chi connectivity index (χ0n) is 9.61. The number of carbonyl (C=O) groups excluding carboxylic acids is 1. The number of benzene rings is 1. The van der Waals surface area contributed by atoms with Gasteiger partial charge < -0.3 is 10.4 Å². The zero-order valence-corrected chi connectivity index (χ0v) is 9.61. The van der Waals surface area contributed by atoms with Crippen LogP contribution in [0.1, 0.15) is 25.3 Å². The zero-order chi connectivity index (χ0) is 13.0. The number of carboxylic acid groups (broad SMARTS) is 1. The normalized spacial score (nSPS) is 13.8. The van der Waals surface area contributed by atoms with Gasteiger partial charge in [-0.05, 0) is 17.7 Å². The minimum atomic E-state index is -1.14. The van der Waals surface area contributed by atoms with Crippen LogP contribution in [0.3, 0.4) is 0 Å². The lowest BCUT2D eigenvalue weighted by atomic mass is 9.93. The summed E-state index contributed by atoms with van der Waals surface area (Å²) in [4.78, 5) is 21.9. The van der Waals surface area contributed by atoms with E-state index in [0.717, 1.165) is 0 Å². The Morgan fingerprint density at radius 3 is 2.53 bits per heavy atom. The first kappa shape index (κ1) is 13.2. The average molecular weight is 239 g/mol. The predicted molar refractivity (Wildman–Crippen MR) is 60.1 cm³/mol. The Balaban J connectivity index is 2.95. The van der Waals surface area contributed by atoms with E-state index >= 15 is 0 Å². The Morgan fingerprint density at radius 2 is 2.06 bits per heavy atom. The standard InChI is InChI=1S/C12H14FNO3/c1-7(9-4-3-5-10(13)6-9)11(12(16)17)14-8(2)15/h3-7,11H,1-2H3,(H,14,15)(H,16,17)/t7-,11+/m1/s1. The number of hydrogen-bond acceptors (Lipinski definition) is 2. The predicted octanol–water partition coefficient (Wildman–Crippen LogP) is 1.52. The van der Waals surface area contributed by atoms with Gasteiger partial charge in [-0.3, -0.25) is 4.79 Å². The first-order chi connectivity index (χ1) is 7.91. The molecule has 1 aromatic rings. The molecule has 17 heavy (non-hydrogen) atoms. The van der Waals surface area contributed by atoms with Crippen LogP contribution in [0.5, 0.6) is 0 Å². The van der Waals surface area contributed by atoms with Crippen molar-refractivity contribution in [2.45, 2.75) is 25.8 Å². The molecule has 1 rings (SSSR count). The molecule has 92 valence electrons. The van der Waals surface area contributed by atoms with E-state index in [0.29, 0.717) is 5.56 Å². The third-order valence-corrected chi connectivity index (χ3v) is 2.50. The van der Waals surface area contributed by atoms with Gasteiger partial charge in [-0.15, -0.1) is 0 Å². The van der Waals surface area contributed by atoms with Crippen molar-refractivity contribution >= 4 is 11.9 Å². The van der Waals surface area contributed by atoms with E-state index in [1.54, 1.807) is 13.0 Å². The molecule has 0 aliphatic heterocycles. The summed E-state index contributed by atoms with van der Waals surface area (Å²) in [5.41, 5.74) is 0.533. The molecule has 0 saturated heterocycles. The molecule has 2 atom stereocenters. The fourth-order valence-electron chi connectivity index (χ4n) is 1.60. The van der Waals surface area contributed by atoms with Gasteiger partial charge in [-0.2, -0.15) is 0 Å². The first-order valence-electron chi connectivity index (χ1n) is 5.17. The van der Waals surface area contributed by atoms with Crippen LogP contribution < -0.4 is 5.32 Å². The lowest BCUT2D eigenvalue weighted by molar-refractivity contribution is -0.142. The molecule has 0 bridgehead atoms. The fourth-order valence-corrected chi connectivity index (χ4v) is 1.60. The molecule has 1 amide bonds. The van der Waals surface area contributed by atoms with Crippen LogP contribution in [0.15, 0.2) is 24.3 Å². The molecule has 0 saturated carbocycles. The molecule has 5 heteroatoms. The smallest absolute Gasteiger partial charge is 0.326 e. The van der Waals surface area contributed by atoms with Crippen LogP contribution in [0.25, 0.3) is 0 Å². The summed E-state index contributed by atoms with van der Waals surface area (Å²) in [6, 6.07) is 4.63. The summed E-state index contributed by atoms with van der Waals surface area (Å²) in [6.45, 7) is 2.87. The van der Waals surface area contributed by atoms with Gasteiger partial charge in [0.15, 0.2) is 0 Å². The van der Waals surface area contributed by atoms with Gasteiger partial charge in [-0.25, -0.2) is 9.18 Å². The Labute approximate surface area is 98.5 Å². The van der Waals surface area contributed by atoms with Gasteiger partial charge in [0.05, 0.1) is 0 Å². The van der Waals surface area contributed by atoms with Crippen molar-refractivity contribution in [1.82, 2.24) is 5.32 Å². The number of aliphatic carboxylic acids is 1. The first-order valence-corrected chi connectivity index (χ1v) is 5.17. The van der Waals surface area contributed by atoms with Crippen molar-refractivity contribution in [1.29, 1.82) is 0 Å². The van der Waals surface area contributed by atoms with Gasteiger partial charge in [0, 0.05) is 12.8 Å². The van der Waals surface area contributed by atoms with Crippen molar-refractivity contribution in [2.75, 3.05) is 0 Å². The highest BCUT2D eigenvalue weighted by Gasteiger charge is 2.26. The quantitative estimate of drug-likeness (QED) is 0.837. The highest BCUT2D eigenvalue weighted by molar-refractivity contribution is 5.83. The highest BCUT2D eigenvalue weighted by Crippen LogP contribution is 2.20. The number of halogens is 1. The Kier molecular flexibility index (Phi) is 4.20. The molecule has 2 N–H and O–H groups in total. The summed E-state index contributed by atoms with van der Waals surface area (Å²) in [5.74, 6) is -2.51. The third kappa shape index (κ3) is 3.55. The van der Waals surface area contributed by atoms with Crippen LogP contribution in [-0.2, 0) is 9.59 Å². The number of amides is 1. The Hall–Kier alpha value is -1.91. The minimum Gasteiger partial charge on any atom is -0.480 e. The molecule has 0 fully saturated rings. The van der Waals surface area contributed by atoms with Crippen molar-refractivity contribution in [3.63, 3.8) is 0 Å². The van der Waals surface area contributed by atoms with Crippen LogP contribution >= 0.6 is 0 Å². The molecule has 0 aliphatic rings. The van der Waals surface area contributed by atoms with Crippen molar-refractivity contribution in [3.05, 3.63) is 35.6 Å². The SMILES string of the molecule is CC(=O)N[C@H](C(=O)O)[C@H](C)c1cccc(F)c1. The van der Waals surface area contributed by atoms with Gasteiger partial charge in [0.1, 0.15) is 11.9 Å². The summed E-state index contributed by atoms with van der Waals surface area (Å²) >= 11 is 0. The molecule has 0 aromatic heterocycles. The maximum Gasteiger partial charge on any atom is 0.326 e. The summed E-state index contributed by atoms with van der Waals surface area (Å²) in [7, 11) is 0. The molecule has 0 unspecified atom stereocenters. The van der Waals surface area contributed by atoms with Crippen LogP contribution in [0.2, 0.25) is 0 Å². The number of hydrogen-bond donors (Lipinski definition) is 2. The van der Waals surface area contributed by atoms with E-state index in [1.807, 2.05) is 0 Å². The van der Waals surface area contributed by atoms with Crippen LogP contribution in [-0.4, -0.2) is 23.0 Å². The van der Waals surface area contributed by atoms with Gasteiger partial charge in [0.25, 0.3) is 0 Å². The van der Waals surface area contributed by atoms with E-state index in [-0.39, 0.29) is 0 Å². The van der Waals surface area contributed by atoms with Gasteiger partial charge in [-0.1, -0.05) is 19.1 Å². The Morgan fingerprint density at radius 1 is 1.41 bits per heavy atom. The third-order valence-electron chi connectivity index (χ3n) is 2.50. The van der Waals surface area contributed by atoms with Crippen molar-refractivity contribution in [2.24, 2.45) is 0 Å². The summed E-state index contributed by atoms with van der Waals surface area (Å²) in [5, 5.41) is 11.4. The van der Waals surface area contributed by atoms with Crippen LogP contribution in [0, 0.1) is 5.82 Å². The molecule has 0 heterocycles. The van der Waals surface area contributed by atoms with Gasteiger partial charge in [0.2, 0.25) is 5.91 Å². The van der Waals surface area contributed by atoms with Gasteiger partial charge >= 0.3 is 5.97 Å². The number of rotatable bonds is 4. The molecule has 0 spiro atoms. The maximum absolute atomic E-state index is 13.0. The second-order valence-electron chi connectivity index (χ2n) is 3.86. The lowest BCUT2D eigenvalue weighted by Crippen LogP contribution is -2.43. The summed E-state index contributed by atoms with van der Waals surface area (Å²) in [6.07, 6.45) is 0. The molecule has 0 radical (unpaired) electrons. The number of carbonyl (C=O) groups is 2. The van der Waals surface area contributed by atoms with Crippen molar-refractivity contribution in [3.8, 4) is 0 Å². The van der Waals surface area contributed by atoms with E-state index in [2.05, 4.69) is 5.32 Å². The second kappa shape index (κ2) is 5.43. The van der Waals surface area contributed by atoms with E-state index in [4.69, 9.17) is 5.11 Å². The van der Waals surface area contributed by atoms with Crippen LogP contribution in [0.4, 0.5) is 4.39 Å². The summed E-state index contributed by atoms with van der Waals surface area (Å²) < 4.78 is 13.0.